The number of carbonyl (C=O) groups is 2. The van der Waals surface area contributed by atoms with E-state index in [4.69, 9.17) is 16.3 Å². The molecule has 0 fully saturated rings. The summed E-state index contributed by atoms with van der Waals surface area (Å²) in [5, 5.41) is 10.5. The second-order valence-electron chi connectivity index (χ2n) is 7.69. The summed E-state index contributed by atoms with van der Waals surface area (Å²) in [6.07, 6.45) is 0. The molecule has 3 rings (SSSR count). The number of hydrogen-bond acceptors (Lipinski definition) is 4. The number of carbonyl (C=O) groups excluding carboxylic acids is 2. The van der Waals surface area contributed by atoms with Gasteiger partial charge in [0.1, 0.15) is 16.9 Å². The number of halogens is 1. The van der Waals surface area contributed by atoms with Gasteiger partial charge in [-0.25, -0.2) is 9.79 Å². The lowest BCUT2D eigenvalue weighted by atomic mass is 9.99. The molecule has 7 heteroatoms. The third kappa shape index (κ3) is 4.49. The lowest BCUT2D eigenvalue weighted by molar-refractivity contribution is -0.149. The molecule has 0 atom stereocenters. The summed E-state index contributed by atoms with van der Waals surface area (Å²) in [6, 6.07) is 13.6. The van der Waals surface area contributed by atoms with E-state index in [1.54, 1.807) is 69.3 Å². The zero-order chi connectivity index (χ0) is 22.1. The van der Waals surface area contributed by atoms with Gasteiger partial charge in [-0.05, 0) is 39.8 Å². The van der Waals surface area contributed by atoms with Crippen molar-refractivity contribution in [3.63, 3.8) is 0 Å². The lowest BCUT2D eigenvalue weighted by Crippen LogP contribution is -2.28. The summed E-state index contributed by atoms with van der Waals surface area (Å²) in [5.74, 6) is -1.38. The molecule has 30 heavy (non-hydrogen) atoms. The van der Waals surface area contributed by atoms with Crippen LogP contribution in [0.3, 0.4) is 0 Å². The highest BCUT2D eigenvalue weighted by molar-refractivity contribution is 6.37. The molecule has 1 amide bonds. The number of amidine groups is 1. The van der Waals surface area contributed by atoms with Crippen LogP contribution in [-0.4, -0.2) is 34.1 Å². The summed E-state index contributed by atoms with van der Waals surface area (Å²) in [6.45, 7) is 6.58. The number of benzene rings is 2. The predicted octanol–water partition coefficient (Wildman–Crippen LogP) is 4.90. The minimum atomic E-state index is -0.757. The van der Waals surface area contributed by atoms with Crippen molar-refractivity contribution in [1.29, 1.82) is 0 Å². The van der Waals surface area contributed by atoms with E-state index in [9.17, 15) is 14.7 Å². The molecule has 0 aliphatic carbocycles. The molecule has 0 radical (unpaired) electrons. The largest absolute Gasteiger partial charge is 0.512 e. The number of nitrogens with zero attached hydrogens (tertiary/aromatic N) is 2. The number of esters is 1. The molecular weight excluding hydrogens is 404 g/mol. The summed E-state index contributed by atoms with van der Waals surface area (Å²) in [5.41, 5.74) is 0.744. The molecule has 2 aromatic rings. The fourth-order valence-electron chi connectivity index (χ4n) is 2.92. The first-order valence-corrected chi connectivity index (χ1v) is 9.66. The van der Waals surface area contributed by atoms with E-state index in [0.29, 0.717) is 11.1 Å². The van der Waals surface area contributed by atoms with Crippen molar-refractivity contribution in [3.05, 3.63) is 81.6 Å². The molecule has 1 aliphatic heterocycles. The summed E-state index contributed by atoms with van der Waals surface area (Å²) >= 11 is 6.10. The SMILES string of the molecule is C/C(O)=C(/C(=O)OC(C)(C)C)C1=NC(=NC(=O)c2ccccc2Cl)c2ccccc21. The van der Waals surface area contributed by atoms with Gasteiger partial charge in [0, 0.05) is 11.1 Å². The second kappa shape index (κ2) is 8.24. The Hall–Kier alpha value is -3.25. The maximum absolute atomic E-state index is 12.7. The maximum Gasteiger partial charge on any atom is 0.344 e. The van der Waals surface area contributed by atoms with E-state index < -0.39 is 17.5 Å². The Kier molecular flexibility index (Phi) is 5.89. The van der Waals surface area contributed by atoms with Gasteiger partial charge >= 0.3 is 5.97 Å². The normalized spacial score (nSPS) is 15.4. The van der Waals surface area contributed by atoms with Crippen molar-refractivity contribution < 1.29 is 19.4 Å². The highest BCUT2D eigenvalue weighted by Gasteiger charge is 2.32. The van der Waals surface area contributed by atoms with Gasteiger partial charge in [0.15, 0.2) is 5.84 Å². The molecule has 154 valence electrons. The Bertz CT molecular complexity index is 1120. The highest BCUT2D eigenvalue weighted by Crippen LogP contribution is 2.27. The van der Waals surface area contributed by atoms with Crippen molar-refractivity contribution >= 4 is 35.0 Å². The molecule has 0 saturated heterocycles. The Morgan fingerprint density at radius 3 is 2.23 bits per heavy atom. The van der Waals surface area contributed by atoms with Gasteiger partial charge in [0.25, 0.3) is 5.91 Å². The molecule has 0 bridgehead atoms. The fraction of sp³-hybridized carbons (Fsp3) is 0.217. The Balaban J connectivity index is 2.10. The van der Waals surface area contributed by atoms with E-state index in [-0.39, 0.29) is 33.5 Å². The third-order valence-corrected chi connectivity index (χ3v) is 4.48. The molecule has 0 unspecified atom stereocenters. The van der Waals surface area contributed by atoms with E-state index in [1.165, 1.54) is 6.92 Å². The maximum atomic E-state index is 12.7. The van der Waals surface area contributed by atoms with Crippen LogP contribution in [0.25, 0.3) is 0 Å². The number of fused-ring (bicyclic) bond motifs is 1. The average Bonchev–Trinajstić information content (AvgIpc) is 2.98. The van der Waals surface area contributed by atoms with E-state index in [0.717, 1.165) is 0 Å². The van der Waals surface area contributed by atoms with E-state index >= 15 is 0 Å². The van der Waals surface area contributed by atoms with Crippen LogP contribution in [0.15, 0.2) is 69.8 Å². The molecule has 0 spiro atoms. The molecule has 0 aromatic heterocycles. The Labute approximate surface area is 179 Å². The predicted molar refractivity (Wildman–Crippen MR) is 116 cm³/mol. The number of aliphatic hydroxyl groups excluding tert-OH is 1. The molecule has 1 N–H and O–H groups in total. The van der Waals surface area contributed by atoms with Gasteiger partial charge in [0.2, 0.25) is 0 Å². The van der Waals surface area contributed by atoms with Crippen molar-refractivity contribution in [3.8, 4) is 0 Å². The number of amides is 1. The van der Waals surface area contributed by atoms with Gasteiger partial charge in [0.05, 0.1) is 16.3 Å². The standard InChI is InChI=1S/C23H21ClN2O4/c1-13(27)18(22(29)30-23(2,3)4)19-14-9-5-6-10-15(14)20(25-19)26-21(28)16-11-7-8-12-17(16)24/h5-12,27H,1-4H3/b18-13-,26-20?. The molecule has 1 heterocycles. The van der Waals surface area contributed by atoms with Crippen LogP contribution in [0.2, 0.25) is 5.02 Å². The fourth-order valence-corrected chi connectivity index (χ4v) is 3.14. The van der Waals surface area contributed by atoms with Crippen LogP contribution in [0.1, 0.15) is 49.2 Å². The van der Waals surface area contributed by atoms with Gasteiger partial charge in [-0.2, -0.15) is 4.99 Å². The quantitative estimate of drug-likeness (QED) is 0.431. The molecule has 6 nitrogen and oxygen atoms in total. The van der Waals surface area contributed by atoms with Gasteiger partial charge in [-0.3, -0.25) is 4.79 Å². The average molecular weight is 425 g/mol. The Morgan fingerprint density at radius 1 is 1.03 bits per heavy atom. The summed E-state index contributed by atoms with van der Waals surface area (Å²) in [7, 11) is 0. The monoisotopic (exact) mass is 424 g/mol. The first-order chi connectivity index (χ1) is 14.1. The van der Waals surface area contributed by atoms with Gasteiger partial charge in [-0.1, -0.05) is 48.0 Å². The number of ether oxygens (including phenoxy) is 1. The van der Waals surface area contributed by atoms with Crippen LogP contribution in [0.5, 0.6) is 0 Å². The Morgan fingerprint density at radius 2 is 1.63 bits per heavy atom. The second-order valence-corrected chi connectivity index (χ2v) is 8.10. The first-order valence-electron chi connectivity index (χ1n) is 9.28. The van der Waals surface area contributed by atoms with Crippen LogP contribution < -0.4 is 0 Å². The van der Waals surface area contributed by atoms with Crippen molar-refractivity contribution in [2.75, 3.05) is 0 Å². The van der Waals surface area contributed by atoms with Gasteiger partial charge < -0.3 is 9.84 Å². The zero-order valence-electron chi connectivity index (χ0n) is 17.1. The van der Waals surface area contributed by atoms with Crippen LogP contribution in [0.4, 0.5) is 0 Å². The summed E-state index contributed by atoms with van der Waals surface area (Å²) in [4.78, 5) is 33.9. The van der Waals surface area contributed by atoms with Crippen molar-refractivity contribution in [2.24, 2.45) is 9.98 Å². The number of aliphatic imine (C=N–C) groups is 2. The highest BCUT2D eigenvalue weighted by atomic mass is 35.5. The third-order valence-electron chi connectivity index (χ3n) is 4.15. The molecule has 1 aliphatic rings. The van der Waals surface area contributed by atoms with E-state index in [2.05, 4.69) is 9.98 Å². The van der Waals surface area contributed by atoms with Crippen LogP contribution in [-0.2, 0) is 9.53 Å². The van der Waals surface area contributed by atoms with Gasteiger partial charge in [-0.15, -0.1) is 0 Å². The molecule has 0 saturated carbocycles. The number of hydrogen-bond donors (Lipinski definition) is 1. The minimum absolute atomic E-state index is 0.0761. The minimum Gasteiger partial charge on any atom is -0.512 e. The van der Waals surface area contributed by atoms with E-state index in [1.807, 2.05) is 0 Å². The number of rotatable bonds is 3. The number of allylic oxidation sites excluding steroid dienone is 1. The smallest absolute Gasteiger partial charge is 0.344 e. The first kappa shape index (κ1) is 21.5. The zero-order valence-corrected chi connectivity index (χ0v) is 17.8. The van der Waals surface area contributed by atoms with Crippen molar-refractivity contribution in [1.82, 2.24) is 0 Å². The van der Waals surface area contributed by atoms with Crippen LogP contribution >= 0.6 is 11.6 Å². The molecular formula is C23H21ClN2O4. The number of aliphatic hydroxyl groups is 1. The van der Waals surface area contributed by atoms with Crippen molar-refractivity contribution in [2.45, 2.75) is 33.3 Å². The summed E-state index contributed by atoms with van der Waals surface area (Å²) < 4.78 is 5.43. The molecule has 2 aromatic carbocycles. The van der Waals surface area contributed by atoms with Crippen LogP contribution in [0, 0.1) is 0 Å². The lowest BCUT2D eigenvalue weighted by Gasteiger charge is -2.21. The topological polar surface area (TPSA) is 88.3 Å².